The van der Waals surface area contributed by atoms with Crippen LogP contribution in [0.1, 0.15) is 40.0 Å². The highest BCUT2D eigenvalue weighted by molar-refractivity contribution is 5.68. The van der Waals surface area contributed by atoms with Gasteiger partial charge in [-0.1, -0.05) is 0 Å². The third kappa shape index (κ3) is 4.82. The van der Waals surface area contributed by atoms with Crippen molar-refractivity contribution in [2.45, 2.75) is 51.7 Å². The number of hydrogen-bond donors (Lipinski definition) is 2. The van der Waals surface area contributed by atoms with Crippen LogP contribution in [0.25, 0.3) is 0 Å². The van der Waals surface area contributed by atoms with Crippen LogP contribution in [0.2, 0.25) is 0 Å². The topological polar surface area (TPSA) is 70.0 Å². The standard InChI is InChI=1S/C13H25NO4/c1-13(2,3)18-12(17)14-7-4-10(5-8-14)11(16)6-9-15/h10-11,15-16H,4-9H2,1-3H3. The van der Waals surface area contributed by atoms with Crippen LogP contribution in [-0.2, 0) is 4.74 Å². The van der Waals surface area contributed by atoms with Crippen molar-refractivity contribution in [3.63, 3.8) is 0 Å². The first kappa shape index (κ1) is 15.2. The minimum Gasteiger partial charge on any atom is -0.444 e. The molecule has 0 radical (unpaired) electrons. The minimum absolute atomic E-state index is 0.00739. The summed E-state index contributed by atoms with van der Waals surface area (Å²) in [6.45, 7) is 6.78. The van der Waals surface area contributed by atoms with E-state index >= 15 is 0 Å². The normalized spacial score (nSPS) is 19.7. The molecule has 0 aromatic rings. The van der Waals surface area contributed by atoms with Crippen molar-refractivity contribution in [1.82, 2.24) is 4.90 Å². The number of hydrogen-bond acceptors (Lipinski definition) is 4. The fourth-order valence-electron chi connectivity index (χ4n) is 2.16. The Bertz CT molecular complexity index is 267. The van der Waals surface area contributed by atoms with Gasteiger partial charge in [0.2, 0.25) is 0 Å². The van der Waals surface area contributed by atoms with Crippen LogP contribution in [0.5, 0.6) is 0 Å². The van der Waals surface area contributed by atoms with Gasteiger partial charge < -0.3 is 19.8 Å². The van der Waals surface area contributed by atoms with Crippen molar-refractivity contribution in [3.8, 4) is 0 Å². The van der Waals surface area contributed by atoms with E-state index in [2.05, 4.69) is 0 Å². The third-order valence-electron chi connectivity index (χ3n) is 3.16. The Balaban J connectivity index is 2.37. The number of likely N-dealkylation sites (tertiary alicyclic amines) is 1. The van der Waals surface area contributed by atoms with Gasteiger partial charge in [0.15, 0.2) is 0 Å². The molecule has 0 aromatic carbocycles. The fourth-order valence-corrected chi connectivity index (χ4v) is 2.16. The summed E-state index contributed by atoms with van der Waals surface area (Å²) in [5, 5.41) is 18.6. The Labute approximate surface area is 109 Å². The number of aliphatic hydroxyl groups is 2. The lowest BCUT2D eigenvalue weighted by molar-refractivity contribution is 0.00450. The molecule has 5 nitrogen and oxygen atoms in total. The van der Waals surface area contributed by atoms with Crippen LogP contribution in [0.3, 0.4) is 0 Å². The van der Waals surface area contributed by atoms with Crippen LogP contribution >= 0.6 is 0 Å². The summed E-state index contributed by atoms with van der Waals surface area (Å²) in [6, 6.07) is 0. The fraction of sp³-hybridized carbons (Fsp3) is 0.923. The molecule has 18 heavy (non-hydrogen) atoms. The number of carbonyl (C=O) groups excluding carboxylic acids is 1. The molecule has 1 saturated heterocycles. The van der Waals surface area contributed by atoms with Gasteiger partial charge in [-0.3, -0.25) is 0 Å². The molecule has 1 unspecified atom stereocenters. The average molecular weight is 259 g/mol. The largest absolute Gasteiger partial charge is 0.444 e. The average Bonchev–Trinajstić information content (AvgIpc) is 2.27. The van der Waals surface area contributed by atoms with Crippen molar-refractivity contribution < 1.29 is 19.7 Å². The highest BCUT2D eigenvalue weighted by Gasteiger charge is 2.29. The Morgan fingerprint density at radius 2 is 1.94 bits per heavy atom. The highest BCUT2D eigenvalue weighted by atomic mass is 16.6. The van der Waals surface area contributed by atoms with Crippen LogP contribution < -0.4 is 0 Å². The summed E-state index contributed by atoms with van der Waals surface area (Å²) in [7, 11) is 0. The van der Waals surface area contributed by atoms with Crippen molar-refractivity contribution in [2.24, 2.45) is 5.92 Å². The lowest BCUT2D eigenvalue weighted by atomic mass is 9.90. The zero-order valence-electron chi connectivity index (χ0n) is 11.6. The molecule has 1 aliphatic rings. The first-order valence-corrected chi connectivity index (χ1v) is 6.60. The van der Waals surface area contributed by atoms with E-state index in [1.165, 1.54) is 0 Å². The summed E-state index contributed by atoms with van der Waals surface area (Å²) >= 11 is 0. The molecule has 1 rings (SSSR count). The second-order valence-electron chi connectivity index (χ2n) is 5.88. The molecule has 0 bridgehead atoms. The minimum atomic E-state index is -0.468. The van der Waals surface area contributed by atoms with Gasteiger partial charge in [0, 0.05) is 19.7 Å². The number of amides is 1. The van der Waals surface area contributed by atoms with Crippen molar-refractivity contribution in [3.05, 3.63) is 0 Å². The Hall–Kier alpha value is -0.810. The lowest BCUT2D eigenvalue weighted by Gasteiger charge is -2.35. The van der Waals surface area contributed by atoms with Gasteiger partial charge in [-0.2, -0.15) is 0 Å². The van der Waals surface area contributed by atoms with Gasteiger partial charge >= 0.3 is 6.09 Å². The molecule has 106 valence electrons. The monoisotopic (exact) mass is 259 g/mol. The molecule has 5 heteroatoms. The molecule has 0 aromatic heterocycles. The van der Waals surface area contributed by atoms with Gasteiger partial charge in [-0.05, 0) is 46.0 Å². The molecular weight excluding hydrogens is 234 g/mol. The Morgan fingerprint density at radius 1 is 1.39 bits per heavy atom. The molecule has 0 saturated carbocycles. The molecule has 1 amide bonds. The smallest absolute Gasteiger partial charge is 0.410 e. The predicted molar refractivity (Wildman–Crippen MR) is 68.2 cm³/mol. The van der Waals surface area contributed by atoms with Crippen molar-refractivity contribution >= 4 is 6.09 Å². The van der Waals surface area contributed by atoms with Gasteiger partial charge in [-0.15, -0.1) is 0 Å². The van der Waals surface area contributed by atoms with E-state index in [-0.39, 0.29) is 18.6 Å². The molecule has 0 spiro atoms. The quantitative estimate of drug-likeness (QED) is 0.803. The molecule has 1 fully saturated rings. The van der Waals surface area contributed by atoms with E-state index < -0.39 is 11.7 Å². The van der Waals surface area contributed by atoms with E-state index in [1.807, 2.05) is 20.8 Å². The molecule has 1 aliphatic heterocycles. The first-order valence-electron chi connectivity index (χ1n) is 6.60. The Kier molecular flexibility index (Phi) is 5.41. The maximum absolute atomic E-state index is 11.8. The molecule has 1 atom stereocenters. The van der Waals surface area contributed by atoms with E-state index in [0.717, 1.165) is 12.8 Å². The SMILES string of the molecule is CC(C)(C)OC(=O)N1CCC(C(O)CCO)CC1. The number of piperidine rings is 1. The molecule has 2 N–H and O–H groups in total. The highest BCUT2D eigenvalue weighted by Crippen LogP contribution is 2.23. The molecular formula is C13H25NO4. The van der Waals surface area contributed by atoms with Crippen molar-refractivity contribution in [2.75, 3.05) is 19.7 Å². The zero-order valence-corrected chi connectivity index (χ0v) is 11.6. The maximum Gasteiger partial charge on any atom is 0.410 e. The maximum atomic E-state index is 11.8. The lowest BCUT2D eigenvalue weighted by Crippen LogP contribution is -2.43. The van der Waals surface area contributed by atoms with E-state index in [0.29, 0.717) is 19.5 Å². The summed E-state index contributed by atoms with van der Waals surface area (Å²) in [6.07, 6.45) is 1.20. The van der Waals surface area contributed by atoms with E-state index in [4.69, 9.17) is 9.84 Å². The van der Waals surface area contributed by atoms with Gasteiger partial charge in [0.05, 0.1) is 6.10 Å². The van der Waals surface area contributed by atoms with E-state index in [9.17, 15) is 9.90 Å². The van der Waals surface area contributed by atoms with Gasteiger partial charge in [-0.25, -0.2) is 4.79 Å². The number of rotatable bonds is 3. The predicted octanol–water partition coefficient (Wildman–Crippen LogP) is 1.38. The summed E-state index contributed by atoms with van der Waals surface area (Å²) in [5.74, 6) is 0.177. The van der Waals surface area contributed by atoms with Gasteiger partial charge in [0.1, 0.15) is 5.60 Å². The van der Waals surface area contributed by atoms with E-state index in [1.54, 1.807) is 4.90 Å². The van der Waals surface area contributed by atoms with Crippen LogP contribution in [0.4, 0.5) is 4.79 Å². The molecule has 0 aliphatic carbocycles. The van der Waals surface area contributed by atoms with Gasteiger partial charge in [0.25, 0.3) is 0 Å². The number of aliphatic hydroxyl groups excluding tert-OH is 2. The van der Waals surface area contributed by atoms with Crippen LogP contribution in [-0.4, -0.2) is 52.6 Å². The summed E-state index contributed by atoms with van der Waals surface area (Å²) < 4.78 is 5.30. The number of carbonyl (C=O) groups is 1. The molecule has 1 heterocycles. The van der Waals surface area contributed by atoms with Crippen molar-refractivity contribution in [1.29, 1.82) is 0 Å². The summed E-state index contributed by atoms with van der Waals surface area (Å²) in [4.78, 5) is 13.5. The zero-order chi connectivity index (χ0) is 13.8. The third-order valence-corrected chi connectivity index (χ3v) is 3.16. The van der Waals surface area contributed by atoms with Crippen LogP contribution in [0.15, 0.2) is 0 Å². The number of ether oxygens (including phenoxy) is 1. The van der Waals surface area contributed by atoms with Crippen LogP contribution in [0, 0.1) is 5.92 Å². The second-order valence-corrected chi connectivity index (χ2v) is 5.88. The second kappa shape index (κ2) is 6.38. The Morgan fingerprint density at radius 3 is 2.39 bits per heavy atom. The first-order chi connectivity index (χ1) is 8.33. The number of nitrogens with zero attached hydrogens (tertiary/aromatic N) is 1. The summed E-state index contributed by atoms with van der Waals surface area (Å²) in [5.41, 5.74) is -0.468.